The van der Waals surface area contributed by atoms with Crippen molar-refractivity contribution in [1.29, 1.82) is 0 Å². The van der Waals surface area contributed by atoms with Gasteiger partial charge in [-0.1, -0.05) is 17.9 Å². The fourth-order valence-corrected chi connectivity index (χ4v) is 5.07. The maximum Gasteiger partial charge on any atom is 0.333 e. The standard InChI is InChI=1S/C29H31N5O8/c1-28(2,41)29(26(38)39)12-10-24(36)34(29)22-9-6-18(16-31-22)5-4-13-30-27(40)32-23(35)11-14-33-17-19-7-8-20(42-3)15-21(19)25(33)37/h6-9,15-16,41H,10-14,17H2,1-3H3,(H,38,39)(H2,30,32,35,40). The summed E-state index contributed by atoms with van der Waals surface area (Å²) in [6, 6.07) is 7.47. The molecule has 1 saturated heterocycles. The minimum Gasteiger partial charge on any atom is -0.497 e. The van der Waals surface area contributed by atoms with Gasteiger partial charge >= 0.3 is 12.0 Å². The lowest BCUT2D eigenvalue weighted by atomic mass is 9.80. The number of nitrogens with one attached hydrogen (secondary N) is 2. The first-order valence-corrected chi connectivity index (χ1v) is 13.1. The highest BCUT2D eigenvalue weighted by Gasteiger charge is 2.61. The minimum atomic E-state index is -1.86. The Morgan fingerprint density at radius 2 is 1.95 bits per heavy atom. The summed E-state index contributed by atoms with van der Waals surface area (Å²) in [6.07, 6.45) is 1.17. The van der Waals surface area contributed by atoms with E-state index < -0.39 is 35.0 Å². The Hall–Kier alpha value is -4.96. The van der Waals surface area contributed by atoms with Crippen molar-refractivity contribution in [1.82, 2.24) is 20.5 Å². The summed E-state index contributed by atoms with van der Waals surface area (Å²) in [5.74, 6) is 3.58. The van der Waals surface area contributed by atoms with Gasteiger partial charge in [0.25, 0.3) is 5.91 Å². The van der Waals surface area contributed by atoms with Gasteiger partial charge in [-0.15, -0.1) is 0 Å². The lowest BCUT2D eigenvalue weighted by Gasteiger charge is -2.42. The monoisotopic (exact) mass is 577 g/mol. The van der Waals surface area contributed by atoms with Crippen LogP contribution in [0.25, 0.3) is 0 Å². The molecule has 13 nitrogen and oxygen atoms in total. The molecule has 0 radical (unpaired) electrons. The Balaban J connectivity index is 1.25. The van der Waals surface area contributed by atoms with Gasteiger partial charge in [0.1, 0.15) is 11.6 Å². The number of fused-ring (bicyclic) bond motifs is 1. The molecule has 3 heterocycles. The number of ether oxygens (including phenoxy) is 1. The van der Waals surface area contributed by atoms with Crippen molar-refractivity contribution in [3.8, 4) is 17.6 Å². The van der Waals surface area contributed by atoms with Crippen LogP contribution in [0.2, 0.25) is 0 Å². The maximum absolute atomic E-state index is 12.6. The Labute approximate surface area is 241 Å². The zero-order valence-corrected chi connectivity index (χ0v) is 23.4. The highest BCUT2D eigenvalue weighted by molar-refractivity contribution is 6.05. The van der Waals surface area contributed by atoms with Crippen molar-refractivity contribution in [3.63, 3.8) is 0 Å². The van der Waals surface area contributed by atoms with Gasteiger partial charge in [-0.3, -0.25) is 24.6 Å². The number of anilines is 1. The third kappa shape index (κ3) is 5.89. The summed E-state index contributed by atoms with van der Waals surface area (Å²) >= 11 is 0. The fraction of sp³-hybridized carbons (Fsp3) is 0.379. The van der Waals surface area contributed by atoms with E-state index in [1.807, 2.05) is 0 Å². The molecule has 0 bridgehead atoms. The molecule has 1 unspecified atom stereocenters. The van der Waals surface area contributed by atoms with E-state index in [-0.39, 0.29) is 44.1 Å². The molecule has 1 fully saturated rings. The first-order valence-electron chi connectivity index (χ1n) is 13.1. The predicted octanol–water partition coefficient (Wildman–Crippen LogP) is 1.03. The largest absolute Gasteiger partial charge is 0.497 e. The van der Waals surface area contributed by atoms with Gasteiger partial charge in [0.15, 0.2) is 5.54 Å². The Morgan fingerprint density at radius 3 is 2.60 bits per heavy atom. The number of carbonyl (C=O) groups excluding carboxylic acids is 4. The number of methoxy groups -OCH3 is 1. The second-order valence-electron chi connectivity index (χ2n) is 10.4. The number of carboxylic acid groups (broad SMARTS) is 1. The molecular weight excluding hydrogens is 546 g/mol. The van der Waals surface area contributed by atoms with E-state index in [0.29, 0.717) is 23.4 Å². The van der Waals surface area contributed by atoms with Crippen molar-refractivity contribution in [2.45, 2.75) is 50.8 Å². The number of carboxylic acids is 1. The number of nitrogens with zero attached hydrogens (tertiary/aromatic N) is 3. The number of rotatable bonds is 8. The number of benzene rings is 1. The van der Waals surface area contributed by atoms with E-state index >= 15 is 0 Å². The highest BCUT2D eigenvalue weighted by Crippen LogP contribution is 2.42. The molecule has 1 aromatic carbocycles. The van der Waals surface area contributed by atoms with Crippen LogP contribution in [0.1, 0.15) is 54.6 Å². The second-order valence-corrected chi connectivity index (χ2v) is 10.4. The van der Waals surface area contributed by atoms with Crippen LogP contribution in [0.3, 0.4) is 0 Å². The molecule has 2 aromatic rings. The van der Waals surface area contributed by atoms with Crippen molar-refractivity contribution < 1.29 is 38.9 Å². The molecule has 5 amide bonds. The van der Waals surface area contributed by atoms with E-state index in [1.54, 1.807) is 18.2 Å². The highest BCUT2D eigenvalue weighted by atomic mass is 16.5. The van der Waals surface area contributed by atoms with Crippen LogP contribution in [0.15, 0.2) is 36.5 Å². The number of aliphatic hydroxyl groups is 1. The third-order valence-electron chi connectivity index (χ3n) is 7.30. The quantitative estimate of drug-likeness (QED) is 0.334. The minimum absolute atomic E-state index is 0.0456. The number of pyridine rings is 1. The van der Waals surface area contributed by atoms with Gasteiger partial charge in [0, 0.05) is 43.3 Å². The number of hydrogen-bond donors (Lipinski definition) is 4. The first-order chi connectivity index (χ1) is 19.9. The molecule has 2 aliphatic rings. The fourth-order valence-electron chi connectivity index (χ4n) is 5.07. The summed E-state index contributed by atoms with van der Waals surface area (Å²) in [7, 11) is 1.52. The molecule has 1 atom stereocenters. The number of carbonyl (C=O) groups is 5. The summed E-state index contributed by atoms with van der Waals surface area (Å²) in [5.41, 5.74) is -1.79. The second kappa shape index (κ2) is 11.9. The first kappa shape index (κ1) is 30.0. The van der Waals surface area contributed by atoms with Gasteiger partial charge in [-0.25, -0.2) is 14.6 Å². The van der Waals surface area contributed by atoms with Crippen molar-refractivity contribution in [2.75, 3.05) is 25.1 Å². The van der Waals surface area contributed by atoms with Crippen LogP contribution in [-0.4, -0.2) is 81.2 Å². The van der Waals surface area contributed by atoms with Gasteiger partial charge in [-0.2, -0.15) is 0 Å². The predicted molar refractivity (Wildman–Crippen MR) is 148 cm³/mol. The summed E-state index contributed by atoms with van der Waals surface area (Å²) in [5, 5.41) is 25.2. The van der Waals surface area contributed by atoms with Crippen LogP contribution in [0, 0.1) is 11.8 Å². The molecule has 2 aliphatic heterocycles. The number of urea groups is 1. The van der Waals surface area contributed by atoms with Gasteiger partial charge in [-0.05, 0) is 50.1 Å². The van der Waals surface area contributed by atoms with Crippen LogP contribution < -0.4 is 20.3 Å². The van der Waals surface area contributed by atoms with E-state index in [0.717, 1.165) is 10.5 Å². The third-order valence-corrected chi connectivity index (χ3v) is 7.30. The molecule has 0 spiro atoms. The Morgan fingerprint density at radius 1 is 1.19 bits per heavy atom. The van der Waals surface area contributed by atoms with Crippen molar-refractivity contribution in [3.05, 3.63) is 53.2 Å². The number of hydrogen-bond acceptors (Lipinski definition) is 8. The molecule has 4 N–H and O–H groups in total. The van der Waals surface area contributed by atoms with Gasteiger partial charge in [0.05, 0.1) is 19.3 Å². The van der Waals surface area contributed by atoms with Gasteiger partial charge < -0.3 is 25.2 Å². The van der Waals surface area contributed by atoms with E-state index in [9.17, 15) is 34.2 Å². The number of aliphatic carboxylic acids is 1. The summed E-state index contributed by atoms with van der Waals surface area (Å²) < 4.78 is 5.15. The zero-order valence-electron chi connectivity index (χ0n) is 23.4. The molecule has 1 aromatic heterocycles. The lowest BCUT2D eigenvalue weighted by molar-refractivity contribution is -0.153. The number of imide groups is 1. The van der Waals surface area contributed by atoms with Crippen LogP contribution in [0.4, 0.5) is 10.6 Å². The molecule has 220 valence electrons. The molecule has 0 saturated carbocycles. The zero-order chi connectivity index (χ0) is 30.7. The number of aromatic nitrogens is 1. The van der Waals surface area contributed by atoms with Crippen LogP contribution >= 0.6 is 0 Å². The maximum atomic E-state index is 12.6. The molecule has 13 heteroatoms. The summed E-state index contributed by atoms with van der Waals surface area (Å²) in [6.45, 7) is 3.11. The topological polar surface area (TPSA) is 178 Å². The smallest absolute Gasteiger partial charge is 0.333 e. The molecule has 4 rings (SSSR count). The van der Waals surface area contributed by atoms with Gasteiger partial charge in [0.2, 0.25) is 11.8 Å². The average molecular weight is 578 g/mol. The lowest BCUT2D eigenvalue weighted by Crippen LogP contribution is -2.65. The average Bonchev–Trinajstić information content (AvgIpc) is 3.47. The van der Waals surface area contributed by atoms with Crippen LogP contribution in [-0.2, 0) is 20.9 Å². The molecule has 0 aliphatic carbocycles. The van der Waals surface area contributed by atoms with E-state index in [4.69, 9.17) is 4.74 Å². The van der Waals surface area contributed by atoms with E-state index in [2.05, 4.69) is 27.5 Å². The number of amides is 5. The Bertz CT molecular complexity index is 1490. The molecular formula is C29H31N5O8. The normalized spacial score (nSPS) is 17.8. The Kier molecular flexibility index (Phi) is 8.49. The van der Waals surface area contributed by atoms with E-state index in [1.165, 1.54) is 44.2 Å². The SMILES string of the molecule is COc1ccc2c(c1)C(=O)N(CCC(=O)NC(=O)NCC#Cc1ccc(N3C(=O)CCC3(C(=O)O)C(C)(C)O)nc1)C2. The van der Waals surface area contributed by atoms with Crippen LogP contribution in [0.5, 0.6) is 5.75 Å². The summed E-state index contributed by atoms with van der Waals surface area (Å²) in [4.78, 5) is 68.3. The van der Waals surface area contributed by atoms with Crippen molar-refractivity contribution in [2.24, 2.45) is 0 Å². The molecule has 42 heavy (non-hydrogen) atoms. The van der Waals surface area contributed by atoms with Crippen molar-refractivity contribution >= 4 is 35.5 Å².